The van der Waals surface area contributed by atoms with Gasteiger partial charge in [0.05, 0.1) is 0 Å². The van der Waals surface area contributed by atoms with Crippen molar-refractivity contribution < 1.29 is 4.39 Å². The molecule has 2 aromatic rings. The molecular formula is C9H5ClFIS. The van der Waals surface area contributed by atoms with Crippen LogP contribution < -0.4 is 0 Å². The van der Waals surface area contributed by atoms with Crippen LogP contribution in [-0.2, 0) is 5.88 Å². The van der Waals surface area contributed by atoms with Crippen molar-refractivity contribution in [2.75, 3.05) is 0 Å². The minimum absolute atomic E-state index is 0.193. The first kappa shape index (κ1) is 9.68. The molecule has 0 saturated heterocycles. The van der Waals surface area contributed by atoms with Gasteiger partial charge in [-0.3, -0.25) is 0 Å². The Bertz CT molecular complexity index is 452. The zero-order valence-corrected chi connectivity index (χ0v) is 10.2. The molecule has 1 aromatic carbocycles. The van der Waals surface area contributed by atoms with Crippen LogP contribution in [0.3, 0.4) is 0 Å². The van der Waals surface area contributed by atoms with Crippen LogP contribution in [0.4, 0.5) is 4.39 Å². The second-order valence-electron chi connectivity index (χ2n) is 2.66. The number of rotatable bonds is 1. The van der Waals surface area contributed by atoms with Crippen molar-refractivity contribution in [3.63, 3.8) is 0 Å². The average Bonchev–Trinajstić information content (AvgIpc) is 2.47. The van der Waals surface area contributed by atoms with Gasteiger partial charge in [0.25, 0.3) is 0 Å². The molecule has 1 heterocycles. The number of hydrogen-bond donors (Lipinski definition) is 0. The van der Waals surface area contributed by atoms with E-state index in [1.165, 1.54) is 6.07 Å². The van der Waals surface area contributed by atoms with E-state index in [1.807, 2.05) is 5.38 Å². The highest BCUT2D eigenvalue weighted by Crippen LogP contribution is 2.31. The second-order valence-corrected chi connectivity index (χ2v) is 4.97. The Hall–Kier alpha value is 0.130. The lowest BCUT2D eigenvalue weighted by molar-refractivity contribution is 0.629. The maximum absolute atomic E-state index is 13.0. The van der Waals surface area contributed by atoms with Gasteiger partial charge >= 0.3 is 0 Å². The van der Waals surface area contributed by atoms with E-state index in [0.717, 1.165) is 19.2 Å². The van der Waals surface area contributed by atoms with Gasteiger partial charge in [-0.1, -0.05) is 0 Å². The first-order valence-electron chi connectivity index (χ1n) is 3.63. The first-order chi connectivity index (χ1) is 6.22. The van der Waals surface area contributed by atoms with E-state index in [1.54, 1.807) is 17.4 Å². The van der Waals surface area contributed by atoms with Crippen LogP contribution in [0.1, 0.15) is 5.56 Å². The molecule has 0 saturated carbocycles. The summed E-state index contributed by atoms with van der Waals surface area (Å²) in [5.41, 5.74) is 1.01. The molecule has 0 aliphatic heterocycles. The van der Waals surface area contributed by atoms with Gasteiger partial charge < -0.3 is 0 Å². The Labute approximate surface area is 97.8 Å². The Morgan fingerprint density at radius 1 is 1.46 bits per heavy atom. The molecule has 0 unspecified atom stereocenters. The molecule has 0 aliphatic carbocycles. The number of hydrogen-bond acceptors (Lipinski definition) is 1. The summed E-state index contributed by atoms with van der Waals surface area (Å²) in [6.07, 6.45) is 0. The van der Waals surface area contributed by atoms with E-state index in [2.05, 4.69) is 22.6 Å². The van der Waals surface area contributed by atoms with Crippen LogP contribution in [0, 0.1) is 9.39 Å². The standard InChI is InChI=1S/C9H5ClFIS/c10-3-5-4-13-9-7(5)1-6(11)2-8(9)12/h1-2,4H,3H2. The van der Waals surface area contributed by atoms with Gasteiger partial charge in [-0.2, -0.15) is 0 Å². The highest BCUT2D eigenvalue weighted by atomic mass is 127. The maximum Gasteiger partial charge on any atom is 0.124 e. The fourth-order valence-electron chi connectivity index (χ4n) is 1.22. The highest BCUT2D eigenvalue weighted by molar-refractivity contribution is 14.1. The van der Waals surface area contributed by atoms with E-state index in [0.29, 0.717) is 5.88 Å². The Morgan fingerprint density at radius 3 is 2.92 bits per heavy atom. The van der Waals surface area contributed by atoms with Gasteiger partial charge in [-0.05, 0) is 45.7 Å². The molecule has 0 fully saturated rings. The quantitative estimate of drug-likeness (QED) is 0.539. The number of halogens is 3. The summed E-state index contributed by atoms with van der Waals surface area (Å²) in [5, 5.41) is 2.93. The van der Waals surface area contributed by atoms with Gasteiger partial charge in [0.2, 0.25) is 0 Å². The van der Waals surface area contributed by atoms with E-state index < -0.39 is 0 Å². The minimum atomic E-state index is -0.193. The third kappa shape index (κ3) is 1.69. The number of benzene rings is 1. The molecule has 4 heteroatoms. The fraction of sp³-hybridized carbons (Fsp3) is 0.111. The number of fused-ring (bicyclic) bond motifs is 1. The van der Waals surface area contributed by atoms with Gasteiger partial charge in [0, 0.05) is 19.5 Å². The summed E-state index contributed by atoms with van der Waals surface area (Å²) >= 11 is 9.49. The third-order valence-corrected chi connectivity index (χ3v) is 4.40. The van der Waals surface area contributed by atoms with Crippen LogP contribution >= 0.6 is 45.5 Å². The molecule has 68 valence electrons. The molecule has 1 aromatic heterocycles. The van der Waals surface area contributed by atoms with Crippen molar-refractivity contribution in [1.82, 2.24) is 0 Å². The Morgan fingerprint density at radius 2 is 2.23 bits per heavy atom. The Balaban J connectivity index is 2.82. The monoisotopic (exact) mass is 326 g/mol. The van der Waals surface area contributed by atoms with Crippen LogP contribution in [0.25, 0.3) is 10.1 Å². The molecule has 0 atom stereocenters. The van der Waals surface area contributed by atoms with Gasteiger partial charge in [0.15, 0.2) is 0 Å². The van der Waals surface area contributed by atoms with Crippen molar-refractivity contribution in [2.45, 2.75) is 5.88 Å². The zero-order valence-electron chi connectivity index (χ0n) is 6.48. The maximum atomic E-state index is 13.0. The van der Waals surface area contributed by atoms with Crippen molar-refractivity contribution in [2.24, 2.45) is 0 Å². The van der Waals surface area contributed by atoms with Crippen molar-refractivity contribution >= 4 is 55.6 Å². The van der Waals surface area contributed by atoms with Crippen molar-refractivity contribution in [3.05, 3.63) is 32.5 Å². The SMILES string of the molecule is Fc1cc(I)c2scc(CCl)c2c1. The van der Waals surface area contributed by atoms with Crippen LogP contribution in [0.5, 0.6) is 0 Å². The molecule has 13 heavy (non-hydrogen) atoms. The zero-order chi connectivity index (χ0) is 9.42. The molecule has 0 bridgehead atoms. The molecule has 0 N–H and O–H groups in total. The Kier molecular flexibility index (Phi) is 2.76. The van der Waals surface area contributed by atoms with Gasteiger partial charge in [-0.15, -0.1) is 22.9 Å². The van der Waals surface area contributed by atoms with E-state index in [9.17, 15) is 4.39 Å². The lowest BCUT2D eigenvalue weighted by atomic mass is 10.2. The average molecular weight is 327 g/mol. The molecular weight excluding hydrogens is 322 g/mol. The molecule has 0 amide bonds. The largest absolute Gasteiger partial charge is 0.207 e. The summed E-state index contributed by atoms with van der Waals surface area (Å²) in [5.74, 6) is 0.251. The molecule has 0 radical (unpaired) electrons. The predicted octanol–water partition coefficient (Wildman–Crippen LogP) is 4.38. The molecule has 0 aliphatic rings. The normalized spacial score (nSPS) is 11.0. The number of thiophene rings is 1. The third-order valence-electron chi connectivity index (χ3n) is 1.82. The lowest BCUT2D eigenvalue weighted by Crippen LogP contribution is -1.79. The van der Waals surface area contributed by atoms with Crippen LogP contribution in [0.15, 0.2) is 17.5 Å². The topological polar surface area (TPSA) is 0 Å². The van der Waals surface area contributed by atoms with E-state index in [4.69, 9.17) is 11.6 Å². The van der Waals surface area contributed by atoms with E-state index in [-0.39, 0.29) is 5.82 Å². The minimum Gasteiger partial charge on any atom is -0.207 e. The lowest BCUT2D eigenvalue weighted by Gasteiger charge is -1.96. The van der Waals surface area contributed by atoms with Crippen LogP contribution in [0.2, 0.25) is 0 Å². The highest BCUT2D eigenvalue weighted by Gasteiger charge is 2.07. The summed E-state index contributed by atoms with van der Waals surface area (Å²) in [7, 11) is 0. The smallest absolute Gasteiger partial charge is 0.124 e. The summed E-state index contributed by atoms with van der Waals surface area (Å²) < 4.78 is 15.1. The summed E-state index contributed by atoms with van der Waals surface area (Å²) in [6.45, 7) is 0. The number of alkyl halides is 1. The van der Waals surface area contributed by atoms with E-state index >= 15 is 0 Å². The fourth-order valence-corrected chi connectivity index (χ4v) is 3.46. The molecule has 0 nitrogen and oxygen atoms in total. The molecule has 2 rings (SSSR count). The van der Waals surface area contributed by atoms with Gasteiger partial charge in [0.1, 0.15) is 5.82 Å². The van der Waals surface area contributed by atoms with Crippen LogP contribution in [-0.4, -0.2) is 0 Å². The summed E-state index contributed by atoms with van der Waals surface area (Å²) in [4.78, 5) is 0. The van der Waals surface area contributed by atoms with Crippen molar-refractivity contribution in [3.8, 4) is 0 Å². The predicted molar refractivity (Wildman–Crippen MR) is 64.1 cm³/mol. The van der Waals surface area contributed by atoms with Crippen molar-refractivity contribution in [1.29, 1.82) is 0 Å². The first-order valence-corrected chi connectivity index (χ1v) is 6.12. The molecule has 0 spiro atoms. The second kappa shape index (κ2) is 3.71. The summed E-state index contributed by atoms with van der Waals surface area (Å²) in [6, 6.07) is 3.09. The van der Waals surface area contributed by atoms with Gasteiger partial charge in [-0.25, -0.2) is 4.39 Å².